The number of nitro groups is 2. The van der Waals surface area contributed by atoms with Crippen molar-refractivity contribution in [3.8, 4) is 34.5 Å². The number of ether oxygens (including phenoxy) is 4. The summed E-state index contributed by atoms with van der Waals surface area (Å²) in [6, 6.07) is 33.1. The molecule has 0 heterocycles. The summed E-state index contributed by atoms with van der Waals surface area (Å²) in [6.45, 7) is 4.15. The Labute approximate surface area is 352 Å². The number of alkyl halides is 1. The van der Waals surface area contributed by atoms with Crippen molar-refractivity contribution in [2.24, 2.45) is 0 Å². The number of nitro benzene ring substituents is 2. The number of benzene rings is 6. The molecule has 0 saturated heterocycles. The molecule has 2 aliphatic carbocycles. The van der Waals surface area contributed by atoms with Crippen molar-refractivity contribution < 1.29 is 33.9 Å². The molecule has 6 aromatic carbocycles. The van der Waals surface area contributed by atoms with Crippen molar-refractivity contribution in [1.82, 2.24) is 0 Å². The first-order chi connectivity index (χ1) is 29.1. The summed E-state index contributed by atoms with van der Waals surface area (Å²) < 4.78 is 25.5. The maximum atomic E-state index is 12.7. The first-order valence-corrected chi connectivity index (χ1v) is 20.4. The van der Waals surface area contributed by atoms with Gasteiger partial charge >= 0.3 is 0 Å². The van der Waals surface area contributed by atoms with Crippen LogP contribution < -0.4 is 18.9 Å². The first kappa shape index (κ1) is 40.4. The molecular weight excluding hydrogens is 784 g/mol. The number of halogens is 1. The smallest absolute Gasteiger partial charge is 0.273 e. The van der Waals surface area contributed by atoms with Gasteiger partial charge in [0.05, 0.1) is 21.8 Å². The molecule has 2 atom stereocenters. The predicted octanol–water partition coefficient (Wildman–Crippen LogP) is 11.9. The van der Waals surface area contributed by atoms with Gasteiger partial charge < -0.3 is 24.1 Å². The van der Waals surface area contributed by atoms with E-state index in [0.717, 1.165) is 28.7 Å². The Kier molecular flexibility index (Phi) is 11.7. The fraction of sp³-hybridized carbons (Fsp3) is 0.250. The molecule has 6 aromatic rings. The maximum absolute atomic E-state index is 12.7. The molecule has 0 fully saturated rings. The molecule has 0 saturated carbocycles. The van der Waals surface area contributed by atoms with Crippen LogP contribution >= 0.6 is 11.6 Å². The van der Waals surface area contributed by atoms with Gasteiger partial charge in [0.15, 0.2) is 0 Å². The molecule has 8 rings (SSSR count). The Hall–Kier alpha value is -6.43. The minimum Gasteiger partial charge on any atom is -0.489 e. The van der Waals surface area contributed by atoms with Crippen molar-refractivity contribution in [3.63, 3.8) is 0 Å². The Morgan fingerprint density at radius 1 is 0.683 bits per heavy atom. The number of nitrogens with zero attached hydrogens (tertiary/aromatic N) is 2. The van der Waals surface area contributed by atoms with Crippen molar-refractivity contribution in [3.05, 3.63) is 185 Å². The third kappa shape index (κ3) is 8.23. The van der Waals surface area contributed by atoms with E-state index >= 15 is 0 Å². The largest absolute Gasteiger partial charge is 0.489 e. The van der Waals surface area contributed by atoms with Crippen LogP contribution in [0.5, 0.6) is 34.5 Å². The average Bonchev–Trinajstić information content (AvgIpc) is 3.93. The number of rotatable bonds is 15. The van der Waals surface area contributed by atoms with Gasteiger partial charge in [-0.05, 0) is 105 Å². The lowest BCUT2D eigenvalue weighted by Crippen LogP contribution is -2.12. The van der Waals surface area contributed by atoms with E-state index in [1.807, 2.05) is 72.8 Å². The lowest BCUT2D eigenvalue weighted by molar-refractivity contribution is -0.385. The monoisotopic (exact) mass is 826 g/mol. The normalized spacial score (nSPS) is 14.6. The summed E-state index contributed by atoms with van der Waals surface area (Å²) in [4.78, 5) is 23.8. The van der Waals surface area contributed by atoms with Crippen LogP contribution in [0.3, 0.4) is 0 Å². The zero-order valence-corrected chi connectivity index (χ0v) is 33.9. The third-order valence-corrected chi connectivity index (χ3v) is 11.6. The molecule has 0 bridgehead atoms. The van der Waals surface area contributed by atoms with Crippen molar-refractivity contribution >= 4 is 23.0 Å². The van der Waals surface area contributed by atoms with Gasteiger partial charge in [-0.3, -0.25) is 20.2 Å². The van der Waals surface area contributed by atoms with E-state index in [4.69, 9.17) is 30.5 Å². The van der Waals surface area contributed by atoms with E-state index in [0.29, 0.717) is 100 Å². The molecule has 0 aliphatic heterocycles. The van der Waals surface area contributed by atoms with E-state index in [1.165, 1.54) is 6.07 Å². The highest BCUT2D eigenvalue weighted by molar-refractivity contribution is 6.17. The molecule has 0 spiro atoms. The SMILES string of the molecule is Cc1cc([N+](=O)[O-])c2c(c1Oc1ccc(OCc3ccccc3)c(C(O)C3CCc4c(Oc5ccc(OCc6ccccc6)c(CCl)c5)c(C)cc([N+](=O)[O-])c43)c1)CCC2. The second-order valence-corrected chi connectivity index (χ2v) is 15.5. The van der Waals surface area contributed by atoms with Crippen LogP contribution in [-0.4, -0.2) is 15.0 Å². The van der Waals surface area contributed by atoms with Gasteiger partial charge in [-0.25, -0.2) is 0 Å². The van der Waals surface area contributed by atoms with Gasteiger partial charge in [-0.15, -0.1) is 11.6 Å². The highest BCUT2D eigenvalue weighted by Gasteiger charge is 2.40. The zero-order valence-electron chi connectivity index (χ0n) is 33.2. The number of aryl methyl sites for hydroxylation is 2. The molecule has 1 N–H and O–H groups in total. The number of aliphatic hydroxyl groups is 1. The summed E-state index contributed by atoms with van der Waals surface area (Å²) in [6.07, 6.45) is 1.58. The van der Waals surface area contributed by atoms with E-state index in [9.17, 15) is 25.3 Å². The van der Waals surface area contributed by atoms with E-state index < -0.39 is 16.9 Å². The average molecular weight is 827 g/mol. The molecule has 0 amide bonds. The molecule has 12 heteroatoms. The van der Waals surface area contributed by atoms with E-state index in [1.54, 1.807) is 44.2 Å². The van der Waals surface area contributed by atoms with Gasteiger partial charge in [0.25, 0.3) is 11.4 Å². The molecule has 0 aromatic heterocycles. The molecule has 0 radical (unpaired) electrons. The fourth-order valence-electron chi connectivity index (χ4n) is 8.50. The maximum Gasteiger partial charge on any atom is 0.273 e. The molecule has 60 heavy (non-hydrogen) atoms. The molecule has 11 nitrogen and oxygen atoms in total. The fourth-order valence-corrected chi connectivity index (χ4v) is 8.71. The summed E-state index contributed by atoms with van der Waals surface area (Å²) in [5, 5.41) is 37.0. The van der Waals surface area contributed by atoms with Crippen molar-refractivity contribution in [2.45, 2.75) is 77.1 Å². The summed E-state index contributed by atoms with van der Waals surface area (Å²) in [7, 11) is 0. The highest BCUT2D eigenvalue weighted by atomic mass is 35.5. The van der Waals surface area contributed by atoms with Crippen LogP contribution in [0.25, 0.3) is 0 Å². The number of hydrogen-bond acceptors (Lipinski definition) is 9. The summed E-state index contributed by atoms with van der Waals surface area (Å²) in [5.74, 6) is 2.44. The Morgan fingerprint density at radius 3 is 1.85 bits per heavy atom. The van der Waals surface area contributed by atoms with Crippen LogP contribution in [0.4, 0.5) is 11.4 Å². The lowest BCUT2D eigenvalue weighted by atomic mass is 9.88. The number of hydrogen-bond donors (Lipinski definition) is 1. The van der Waals surface area contributed by atoms with Crippen LogP contribution in [0.15, 0.2) is 109 Å². The van der Waals surface area contributed by atoms with Gasteiger partial charge in [0.1, 0.15) is 47.7 Å². The molecule has 2 unspecified atom stereocenters. The Balaban J connectivity index is 1.14. The van der Waals surface area contributed by atoms with Crippen LogP contribution in [0.2, 0.25) is 0 Å². The third-order valence-electron chi connectivity index (χ3n) is 11.3. The van der Waals surface area contributed by atoms with E-state index in [-0.39, 0.29) is 28.8 Å². The van der Waals surface area contributed by atoms with Gasteiger partial charge in [0, 0.05) is 51.4 Å². The quantitative estimate of drug-likeness (QED) is 0.0607. The van der Waals surface area contributed by atoms with Crippen molar-refractivity contribution in [2.75, 3.05) is 0 Å². The molecular formula is C48H43ClN2O9. The minimum absolute atomic E-state index is 0.0950. The predicted molar refractivity (Wildman–Crippen MR) is 228 cm³/mol. The Bertz CT molecular complexity index is 2580. The minimum atomic E-state index is -1.25. The second kappa shape index (κ2) is 17.4. The first-order valence-electron chi connectivity index (χ1n) is 19.9. The molecule has 306 valence electrons. The van der Waals surface area contributed by atoms with Crippen LogP contribution in [0.1, 0.15) is 80.5 Å². The Morgan fingerprint density at radius 2 is 1.23 bits per heavy atom. The number of aliphatic hydroxyl groups excluding tert-OH is 1. The van der Waals surface area contributed by atoms with Crippen molar-refractivity contribution in [1.29, 1.82) is 0 Å². The van der Waals surface area contributed by atoms with Gasteiger partial charge in [-0.2, -0.15) is 0 Å². The lowest BCUT2D eigenvalue weighted by Gasteiger charge is -2.24. The topological polar surface area (TPSA) is 143 Å². The summed E-state index contributed by atoms with van der Waals surface area (Å²) in [5.41, 5.74) is 6.81. The summed E-state index contributed by atoms with van der Waals surface area (Å²) >= 11 is 6.38. The van der Waals surface area contributed by atoms with Crippen LogP contribution in [-0.2, 0) is 38.4 Å². The van der Waals surface area contributed by atoms with E-state index in [2.05, 4.69) is 0 Å². The second-order valence-electron chi connectivity index (χ2n) is 15.2. The van der Waals surface area contributed by atoms with Crippen LogP contribution in [0, 0.1) is 34.1 Å². The van der Waals surface area contributed by atoms with Gasteiger partial charge in [0.2, 0.25) is 0 Å². The standard InChI is InChI=1S/C48H43ClN2O9/c1-29-22-41(50(53)54)36-14-9-15-37(36)47(29)60-35-17-21-44(58-28-32-12-7-4-8-13-32)40(25-35)46(52)38-18-19-39-45(38)42(51(55)56)23-30(2)48(39)59-34-16-20-43(33(24-34)26-49)57-27-31-10-5-3-6-11-31/h3-8,10-13,16-17,20-25,38,46,52H,9,14-15,18-19,26-28H2,1-2H3. The zero-order chi connectivity index (χ0) is 41.9. The highest BCUT2D eigenvalue weighted by Crippen LogP contribution is 2.53. The van der Waals surface area contributed by atoms with Gasteiger partial charge in [-0.1, -0.05) is 60.7 Å². The number of fused-ring (bicyclic) bond motifs is 2. The molecule has 2 aliphatic rings.